The molecule has 2 heterocycles. The Morgan fingerprint density at radius 1 is 1.41 bits per heavy atom. The number of hydrogen-bond donors (Lipinski definition) is 0. The predicted octanol–water partition coefficient (Wildman–Crippen LogP) is 1.60. The van der Waals surface area contributed by atoms with Gasteiger partial charge < -0.3 is 0 Å². The fourth-order valence-corrected chi connectivity index (χ4v) is 1.80. The zero-order valence-corrected chi connectivity index (χ0v) is 10.3. The Kier molecular flexibility index (Phi) is 3.19. The number of carbonyl (C=O) groups is 1. The third kappa shape index (κ3) is 2.34. The highest BCUT2D eigenvalue weighted by Gasteiger charge is 2.17. The molecule has 2 rings (SSSR count). The molecular weight excluding hydrogens is 240 g/mol. The molecule has 0 atom stereocenters. The Hall–Kier alpha value is -1.75. The number of carbonyl (C=O) groups excluding carboxylic acids is 1. The summed E-state index contributed by atoms with van der Waals surface area (Å²) < 4.78 is 1.55. The van der Waals surface area contributed by atoms with Gasteiger partial charge in [0.25, 0.3) is 0 Å². The van der Waals surface area contributed by atoms with E-state index in [9.17, 15) is 4.79 Å². The van der Waals surface area contributed by atoms with E-state index in [1.54, 1.807) is 17.8 Å². The Morgan fingerprint density at radius 2 is 2.06 bits per heavy atom. The van der Waals surface area contributed by atoms with Crippen LogP contribution in [0.25, 0.3) is 0 Å². The molecule has 0 spiro atoms. The molecule has 2 aromatic heterocycles. The van der Waals surface area contributed by atoms with Crippen molar-refractivity contribution in [2.75, 3.05) is 0 Å². The van der Waals surface area contributed by atoms with Crippen LogP contribution in [0.1, 0.15) is 21.9 Å². The van der Waals surface area contributed by atoms with Crippen LogP contribution in [0.4, 0.5) is 0 Å². The van der Waals surface area contributed by atoms with E-state index < -0.39 is 0 Å². The number of aryl methyl sites for hydroxylation is 2. The van der Waals surface area contributed by atoms with Crippen LogP contribution in [0.15, 0.2) is 18.5 Å². The van der Waals surface area contributed by atoms with Gasteiger partial charge in [-0.2, -0.15) is 5.10 Å². The summed E-state index contributed by atoms with van der Waals surface area (Å²) >= 11 is 6.05. The lowest BCUT2D eigenvalue weighted by Crippen LogP contribution is -2.08. The van der Waals surface area contributed by atoms with E-state index in [0.717, 1.165) is 11.3 Å². The number of hydrogen-bond acceptors (Lipinski definition) is 4. The average molecular weight is 251 g/mol. The number of halogens is 1. The maximum Gasteiger partial charge on any atom is 0.204 e. The van der Waals surface area contributed by atoms with Crippen LogP contribution in [-0.2, 0) is 13.5 Å². The summed E-state index contributed by atoms with van der Waals surface area (Å²) in [5, 5.41) is 4.63. The summed E-state index contributed by atoms with van der Waals surface area (Å²) in [5.41, 5.74) is 1.48. The third-order valence-corrected chi connectivity index (χ3v) is 2.90. The molecule has 6 heteroatoms. The molecule has 0 N–H and O–H groups in total. The lowest BCUT2D eigenvalue weighted by atomic mass is 10.1. The lowest BCUT2D eigenvalue weighted by Gasteiger charge is -1.99. The highest BCUT2D eigenvalue weighted by molar-refractivity contribution is 6.30. The van der Waals surface area contributed by atoms with Gasteiger partial charge in [-0.3, -0.25) is 9.48 Å². The molecule has 88 valence electrons. The first-order valence-corrected chi connectivity index (χ1v) is 5.45. The highest BCUT2D eigenvalue weighted by Crippen LogP contribution is 2.19. The smallest absolute Gasteiger partial charge is 0.204 e. The van der Waals surface area contributed by atoms with Gasteiger partial charge in [-0.15, -0.1) is 0 Å². The van der Waals surface area contributed by atoms with Crippen molar-refractivity contribution in [3.63, 3.8) is 0 Å². The van der Waals surface area contributed by atoms with Crippen LogP contribution in [0.5, 0.6) is 0 Å². The molecule has 0 radical (unpaired) electrons. The SMILES string of the molecule is Cc1nn(C)c(Cl)c1CC(=O)c1ncccn1. The molecule has 2 aromatic rings. The minimum Gasteiger partial charge on any atom is -0.290 e. The monoisotopic (exact) mass is 250 g/mol. The van der Waals surface area contributed by atoms with Crippen LogP contribution in [0.3, 0.4) is 0 Å². The number of ketones is 1. The summed E-state index contributed by atoms with van der Waals surface area (Å²) in [6.07, 6.45) is 3.25. The fraction of sp³-hybridized carbons (Fsp3) is 0.273. The van der Waals surface area contributed by atoms with Gasteiger partial charge in [-0.1, -0.05) is 11.6 Å². The Labute approximate surface area is 103 Å². The number of Topliss-reactive ketones (excluding diaryl/α,β-unsaturated/α-hetero) is 1. The lowest BCUT2D eigenvalue weighted by molar-refractivity contribution is 0.0982. The maximum absolute atomic E-state index is 11.9. The second-order valence-electron chi connectivity index (χ2n) is 3.65. The molecule has 5 nitrogen and oxygen atoms in total. The molecule has 0 saturated heterocycles. The Balaban J connectivity index is 2.25. The largest absolute Gasteiger partial charge is 0.290 e. The van der Waals surface area contributed by atoms with Gasteiger partial charge in [0, 0.05) is 31.4 Å². The van der Waals surface area contributed by atoms with E-state index in [0.29, 0.717) is 5.15 Å². The molecule has 0 aromatic carbocycles. The molecule has 0 amide bonds. The second kappa shape index (κ2) is 4.63. The minimum absolute atomic E-state index is 0.163. The average Bonchev–Trinajstić information content (AvgIpc) is 2.57. The predicted molar refractivity (Wildman–Crippen MR) is 63.0 cm³/mol. The van der Waals surface area contributed by atoms with Crippen molar-refractivity contribution in [1.82, 2.24) is 19.7 Å². The third-order valence-electron chi connectivity index (χ3n) is 2.42. The number of aromatic nitrogens is 4. The zero-order chi connectivity index (χ0) is 12.4. The van der Waals surface area contributed by atoms with Gasteiger partial charge in [0.2, 0.25) is 5.78 Å². The quantitative estimate of drug-likeness (QED) is 0.777. The fourth-order valence-electron chi connectivity index (χ4n) is 1.56. The van der Waals surface area contributed by atoms with Gasteiger partial charge in [0.1, 0.15) is 5.15 Å². The topological polar surface area (TPSA) is 60.7 Å². The highest BCUT2D eigenvalue weighted by atomic mass is 35.5. The van der Waals surface area contributed by atoms with Crippen LogP contribution >= 0.6 is 11.6 Å². The van der Waals surface area contributed by atoms with Gasteiger partial charge in [0.05, 0.1) is 5.69 Å². The van der Waals surface area contributed by atoms with Gasteiger partial charge >= 0.3 is 0 Å². The molecule has 0 unspecified atom stereocenters. The van der Waals surface area contributed by atoms with E-state index in [2.05, 4.69) is 15.1 Å². The van der Waals surface area contributed by atoms with E-state index in [4.69, 9.17) is 11.6 Å². The van der Waals surface area contributed by atoms with Crippen molar-refractivity contribution >= 4 is 17.4 Å². The Bertz CT molecular complexity index is 550. The molecule has 0 fully saturated rings. The molecule has 0 aliphatic rings. The maximum atomic E-state index is 11.9. The minimum atomic E-state index is -0.163. The van der Waals surface area contributed by atoms with Crippen LogP contribution in [-0.4, -0.2) is 25.5 Å². The van der Waals surface area contributed by atoms with E-state index in [1.165, 1.54) is 12.4 Å². The van der Waals surface area contributed by atoms with Crippen molar-refractivity contribution in [3.8, 4) is 0 Å². The second-order valence-corrected chi connectivity index (χ2v) is 4.01. The van der Waals surface area contributed by atoms with Crippen molar-refractivity contribution in [2.45, 2.75) is 13.3 Å². The first-order valence-electron chi connectivity index (χ1n) is 5.07. The van der Waals surface area contributed by atoms with Crippen molar-refractivity contribution in [1.29, 1.82) is 0 Å². The molecule has 0 aliphatic heterocycles. The normalized spacial score (nSPS) is 10.5. The summed E-state index contributed by atoms with van der Waals surface area (Å²) in [7, 11) is 1.74. The molecule has 17 heavy (non-hydrogen) atoms. The van der Waals surface area contributed by atoms with Crippen molar-refractivity contribution < 1.29 is 4.79 Å². The van der Waals surface area contributed by atoms with E-state index >= 15 is 0 Å². The first kappa shape index (κ1) is 11.7. The zero-order valence-electron chi connectivity index (χ0n) is 9.51. The molecule has 0 saturated carbocycles. The number of nitrogens with zero attached hydrogens (tertiary/aromatic N) is 4. The van der Waals surface area contributed by atoms with Gasteiger partial charge in [-0.05, 0) is 13.0 Å². The van der Waals surface area contributed by atoms with Crippen LogP contribution in [0.2, 0.25) is 5.15 Å². The number of rotatable bonds is 3. The summed E-state index contributed by atoms with van der Waals surface area (Å²) in [5.74, 6) is 0.0374. The van der Waals surface area contributed by atoms with E-state index in [-0.39, 0.29) is 18.0 Å². The standard InChI is InChI=1S/C11H11ClN4O/c1-7-8(10(12)16(2)15-7)6-9(17)11-13-4-3-5-14-11/h3-5H,6H2,1-2H3. The van der Waals surface area contributed by atoms with Gasteiger partial charge in [0.15, 0.2) is 5.82 Å². The summed E-state index contributed by atoms with van der Waals surface area (Å²) in [4.78, 5) is 19.7. The molecule has 0 aliphatic carbocycles. The van der Waals surface area contributed by atoms with Crippen molar-refractivity contribution in [3.05, 3.63) is 40.7 Å². The summed E-state index contributed by atoms with van der Waals surface area (Å²) in [6, 6.07) is 1.67. The van der Waals surface area contributed by atoms with Crippen molar-refractivity contribution in [2.24, 2.45) is 7.05 Å². The van der Waals surface area contributed by atoms with Gasteiger partial charge in [-0.25, -0.2) is 9.97 Å². The van der Waals surface area contributed by atoms with Crippen LogP contribution < -0.4 is 0 Å². The Morgan fingerprint density at radius 3 is 2.59 bits per heavy atom. The molecular formula is C11H11ClN4O. The van der Waals surface area contributed by atoms with Crippen LogP contribution in [0, 0.1) is 6.92 Å². The van der Waals surface area contributed by atoms with E-state index in [1.807, 2.05) is 6.92 Å². The summed E-state index contributed by atoms with van der Waals surface area (Å²) in [6.45, 7) is 1.82. The first-order chi connectivity index (χ1) is 8.09. The molecule has 0 bridgehead atoms.